The van der Waals surface area contributed by atoms with E-state index in [4.69, 9.17) is 18.9 Å². The van der Waals surface area contributed by atoms with Gasteiger partial charge in [0.05, 0.1) is 62.0 Å². The highest BCUT2D eigenvalue weighted by Gasteiger charge is 2.35. The highest BCUT2D eigenvalue weighted by Crippen LogP contribution is 2.40. The van der Waals surface area contributed by atoms with E-state index < -0.39 is 0 Å². The first kappa shape index (κ1) is 26.6. The van der Waals surface area contributed by atoms with Crippen LogP contribution < -0.4 is 18.9 Å². The summed E-state index contributed by atoms with van der Waals surface area (Å²) in [5.41, 5.74) is 4.10. The molecule has 2 aromatic carbocycles. The van der Waals surface area contributed by atoms with Gasteiger partial charge in [-0.15, -0.1) is 0 Å². The zero-order valence-corrected chi connectivity index (χ0v) is 23.2. The summed E-state index contributed by atoms with van der Waals surface area (Å²) in [6.07, 6.45) is 5.60. The second-order valence-electron chi connectivity index (χ2n) is 10.6. The van der Waals surface area contributed by atoms with E-state index in [1.165, 1.54) is 0 Å². The van der Waals surface area contributed by atoms with Gasteiger partial charge in [-0.05, 0) is 25.0 Å². The summed E-state index contributed by atoms with van der Waals surface area (Å²) in [5.74, 6) is 1.74. The number of hydrogen-bond acceptors (Lipinski definition) is 8. The third-order valence-corrected chi connectivity index (χ3v) is 7.71. The van der Waals surface area contributed by atoms with Crippen molar-refractivity contribution in [2.45, 2.75) is 31.3 Å². The molecule has 212 valence electrons. The molecule has 0 radical (unpaired) electrons. The van der Waals surface area contributed by atoms with Gasteiger partial charge in [-0.1, -0.05) is 24.3 Å². The molecule has 0 spiro atoms. The predicted molar refractivity (Wildman–Crippen MR) is 155 cm³/mol. The highest BCUT2D eigenvalue weighted by molar-refractivity contribution is 6.04. The fourth-order valence-electron chi connectivity index (χ4n) is 5.63. The first-order valence-corrected chi connectivity index (χ1v) is 13.6. The van der Waals surface area contributed by atoms with E-state index in [9.17, 15) is 9.59 Å². The van der Waals surface area contributed by atoms with Crippen LogP contribution in [0.25, 0.3) is 0 Å². The second kappa shape index (κ2) is 10.8. The average molecular weight is 557 g/mol. The minimum Gasteiger partial charge on any atom is -0.493 e. The third kappa shape index (κ3) is 4.94. The first-order chi connectivity index (χ1) is 19.9. The number of ether oxygens (including phenoxy) is 4. The Morgan fingerprint density at radius 2 is 1.17 bits per heavy atom. The van der Waals surface area contributed by atoms with E-state index in [1.54, 1.807) is 60.7 Å². The van der Waals surface area contributed by atoms with Crippen molar-refractivity contribution in [1.29, 1.82) is 0 Å². The molecule has 41 heavy (non-hydrogen) atoms. The number of methoxy groups -OCH3 is 2. The molecule has 2 aromatic rings. The van der Waals surface area contributed by atoms with Crippen LogP contribution in [0.4, 0.5) is 11.4 Å². The standard InChI is InChI=1S/C31H32N4O6/c1-18-8-20-14-32-24-12-28(26(38-3)10-22(24)30(36)34(20)16-18)40-6-5-7-41-29-13-25-23(11-27(29)39-4)31(37)35-17-19(2)9-21(35)15-33-25/h10-15,20-21H,1-2,5-9,16-17H2,3-4H3/t20-,21-/m1/s1. The molecule has 4 heterocycles. The Morgan fingerprint density at radius 3 is 1.59 bits per heavy atom. The summed E-state index contributed by atoms with van der Waals surface area (Å²) in [7, 11) is 3.09. The van der Waals surface area contributed by atoms with E-state index >= 15 is 0 Å². The van der Waals surface area contributed by atoms with Crippen molar-refractivity contribution in [2.24, 2.45) is 9.98 Å². The Hall–Kier alpha value is -4.60. The fraction of sp³-hybridized carbons (Fsp3) is 0.355. The lowest BCUT2D eigenvalue weighted by molar-refractivity contribution is 0.0770. The van der Waals surface area contributed by atoms with E-state index in [0.29, 0.717) is 78.2 Å². The van der Waals surface area contributed by atoms with Crippen molar-refractivity contribution in [3.8, 4) is 23.0 Å². The molecule has 2 saturated heterocycles. The molecule has 0 aliphatic carbocycles. The van der Waals surface area contributed by atoms with E-state index in [0.717, 1.165) is 24.0 Å². The molecule has 0 aromatic heterocycles. The maximum Gasteiger partial charge on any atom is 0.257 e. The number of hydrogen-bond donors (Lipinski definition) is 0. The zero-order valence-electron chi connectivity index (χ0n) is 23.2. The van der Waals surface area contributed by atoms with Gasteiger partial charge in [0.2, 0.25) is 0 Å². The third-order valence-electron chi connectivity index (χ3n) is 7.71. The first-order valence-electron chi connectivity index (χ1n) is 13.6. The molecule has 0 bridgehead atoms. The van der Waals surface area contributed by atoms with Crippen molar-refractivity contribution < 1.29 is 28.5 Å². The lowest BCUT2D eigenvalue weighted by Crippen LogP contribution is -2.35. The van der Waals surface area contributed by atoms with Crippen LogP contribution in [0.5, 0.6) is 23.0 Å². The Balaban J connectivity index is 1.11. The SMILES string of the molecule is C=C1C[C@@H]2C=Nc3cc(OCCCOc4cc5c(cc4OC)C(=O)N4CC(=C)C[C@@H]4C=N5)c(OC)cc3C(=O)N2C1. The summed E-state index contributed by atoms with van der Waals surface area (Å²) in [6.45, 7) is 9.78. The summed E-state index contributed by atoms with van der Waals surface area (Å²) >= 11 is 0. The second-order valence-corrected chi connectivity index (χ2v) is 10.6. The molecule has 2 atom stereocenters. The molecule has 4 aliphatic rings. The number of rotatable bonds is 8. The van der Waals surface area contributed by atoms with Gasteiger partial charge >= 0.3 is 0 Å². The minimum absolute atomic E-state index is 0.0826. The van der Waals surface area contributed by atoms with E-state index in [2.05, 4.69) is 23.1 Å². The maximum atomic E-state index is 13.2. The number of nitrogens with zero attached hydrogens (tertiary/aromatic N) is 4. The fourth-order valence-corrected chi connectivity index (χ4v) is 5.63. The molecular formula is C31H32N4O6. The summed E-state index contributed by atoms with van der Waals surface area (Å²) < 4.78 is 23.1. The number of benzene rings is 2. The molecule has 0 N–H and O–H groups in total. The highest BCUT2D eigenvalue weighted by atomic mass is 16.5. The lowest BCUT2D eigenvalue weighted by Gasteiger charge is -2.20. The van der Waals surface area contributed by atoms with Gasteiger partial charge in [-0.3, -0.25) is 19.6 Å². The molecule has 4 aliphatic heterocycles. The van der Waals surface area contributed by atoms with Gasteiger partial charge in [-0.2, -0.15) is 0 Å². The molecule has 0 saturated carbocycles. The smallest absolute Gasteiger partial charge is 0.257 e. The van der Waals surface area contributed by atoms with Gasteiger partial charge < -0.3 is 28.7 Å². The van der Waals surface area contributed by atoms with Gasteiger partial charge in [-0.25, -0.2) is 0 Å². The van der Waals surface area contributed by atoms with Gasteiger partial charge in [0.15, 0.2) is 23.0 Å². The quantitative estimate of drug-likeness (QED) is 0.350. The predicted octanol–water partition coefficient (Wildman–Crippen LogP) is 4.52. The van der Waals surface area contributed by atoms with Crippen LogP contribution in [0.3, 0.4) is 0 Å². The van der Waals surface area contributed by atoms with Gasteiger partial charge in [0.1, 0.15) is 0 Å². The minimum atomic E-state index is -0.0917. The van der Waals surface area contributed by atoms with Crippen LogP contribution in [0.15, 0.2) is 58.6 Å². The van der Waals surface area contributed by atoms with Crippen molar-refractivity contribution in [3.05, 3.63) is 59.7 Å². The summed E-state index contributed by atoms with van der Waals surface area (Å²) in [4.78, 5) is 39.1. The van der Waals surface area contributed by atoms with E-state index in [1.807, 2.05) is 0 Å². The van der Waals surface area contributed by atoms with Crippen LogP contribution >= 0.6 is 0 Å². The van der Waals surface area contributed by atoms with Crippen molar-refractivity contribution >= 4 is 35.6 Å². The van der Waals surface area contributed by atoms with E-state index in [-0.39, 0.29) is 23.9 Å². The average Bonchev–Trinajstić information content (AvgIpc) is 3.48. The molecule has 10 heteroatoms. The van der Waals surface area contributed by atoms with Crippen molar-refractivity contribution in [1.82, 2.24) is 9.80 Å². The molecular weight excluding hydrogens is 524 g/mol. The van der Waals surface area contributed by atoms with Gasteiger partial charge in [0, 0.05) is 44.1 Å². The largest absolute Gasteiger partial charge is 0.493 e. The number of aliphatic imine (C=N–C) groups is 2. The lowest BCUT2D eigenvalue weighted by atomic mass is 10.1. The summed E-state index contributed by atoms with van der Waals surface area (Å²) in [5, 5.41) is 0. The Labute approximate surface area is 238 Å². The number of carbonyl (C=O) groups excluding carboxylic acids is 2. The van der Waals surface area contributed by atoms with Crippen LogP contribution in [0, 0.1) is 0 Å². The van der Waals surface area contributed by atoms with Crippen molar-refractivity contribution in [2.75, 3.05) is 40.5 Å². The normalized spacial score (nSPS) is 20.7. The monoisotopic (exact) mass is 556 g/mol. The summed E-state index contributed by atoms with van der Waals surface area (Å²) in [6, 6.07) is 6.69. The van der Waals surface area contributed by atoms with Crippen LogP contribution in [0.1, 0.15) is 40.0 Å². The number of amides is 2. The topological polar surface area (TPSA) is 102 Å². The Morgan fingerprint density at radius 1 is 0.732 bits per heavy atom. The molecule has 0 unspecified atom stereocenters. The van der Waals surface area contributed by atoms with Crippen LogP contribution in [0.2, 0.25) is 0 Å². The van der Waals surface area contributed by atoms with Gasteiger partial charge in [0.25, 0.3) is 11.8 Å². The molecule has 6 rings (SSSR count). The van der Waals surface area contributed by atoms with Crippen LogP contribution in [-0.2, 0) is 0 Å². The maximum absolute atomic E-state index is 13.2. The molecule has 2 fully saturated rings. The molecule has 2 amide bonds. The van der Waals surface area contributed by atoms with Crippen LogP contribution in [-0.4, -0.2) is 86.6 Å². The number of carbonyl (C=O) groups is 2. The Bertz CT molecular complexity index is 1400. The molecule has 10 nitrogen and oxygen atoms in total. The number of fused-ring (bicyclic) bond motifs is 4. The zero-order chi connectivity index (χ0) is 28.7. The Kier molecular flexibility index (Phi) is 6.98. The van der Waals surface area contributed by atoms with Crippen molar-refractivity contribution in [3.63, 3.8) is 0 Å².